The lowest BCUT2D eigenvalue weighted by Gasteiger charge is -2.27. The Balaban J connectivity index is 1.39. The van der Waals surface area contributed by atoms with Gasteiger partial charge in [0.05, 0.1) is 22.4 Å². The smallest absolute Gasteiger partial charge is 0.412 e. The Hall–Kier alpha value is -3.36. The summed E-state index contributed by atoms with van der Waals surface area (Å²) in [5.41, 5.74) is 2.79. The first-order valence-corrected chi connectivity index (χ1v) is 13.0. The predicted molar refractivity (Wildman–Crippen MR) is 141 cm³/mol. The summed E-state index contributed by atoms with van der Waals surface area (Å²) in [7, 11) is 0. The number of nitrogens with one attached hydrogen (secondary N) is 2. The van der Waals surface area contributed by atoms with E-state index in [-0.39, 0.29) is 5.91 Å². The number of aliphatic carboxylic acids is 1. The maximum absolute atomic E-state index is 12.7. The van der Waals surface area contributed by atoms with Crippen LogP contribution in [0.3, 0.4) is 0 Å². The van der Waals surface area contributed by atoms with Gasteiger partial charge in [0, 0.05) is 16.3 Å². The molecular weight excluding hydrogens is 500 g/mol. The van der Waals surface area contributed by atoms with E-state index >= 15 is 0 Å². The van der Waals surface area contributed by atoms with Crippen molar-refractivity contribution in [1.29, 1.82) is 0 Å². The van der Waals surface area contributed by atoms with Gasteiger partial charge in [0.15, 0.2) is 0 Å². The molecule has 1 heterocycles. The number of carbonyl (C=O) groups is 3. The molecule has 188 valence electrons. The lowest BCUT2D eigenvalue weighted by molar-refractivity contribution is -0.147. The molecule has 3 aromatic rings. The van der Waals surface area contributed by atoms with E-state index in [9.17, 15) is 19.5 Å². The highest BCUT2D eigenvalue weighted by molar-refractivity contribution is 7.14. The van der Waals surface area contributed by atoms with Crippen LogP contribution in [0.25, 0.3) is 10.4 Å². The molecule has 3 atom stereocenters. The number of anilines is 2. The summed E-state index contributed by atoms with van der Waals surface area (Å²) < 4.78 is 5.51. The van der Waals surface area contributed by atoms with Crippen LogP contribution in [0.5, 0.6) is 0 Å². The SMILES string of the molecule is C[C@@H](OC(=O)Nc1ccsc1-c1ccc(NC(=O)[C@H]2CCCC[C@H]2C(=O)O)cc1)c1ccccc1Cl. The molecule has 7 nitrogen and oxygen atoms in total. The van der Waals surface area contributed by atoms with Gasteiger partial charge in [0.25, 0.3) is 0 Å². The number of hydrogen-bond acceptors (Lipinski definition) is 5. The minimum Gasteiger partial charge on any atom is -0.481 e. The minimum absolute atomic E-state index is 0.260. The molecule has 36 heavy (non-hydrogen) atoms. The number of halogens is 1. The molecule has 0 saturated heterocycles. The predicted octanol–water partition coefficient (Wildman–Crippen LogP) is 7.21. The quantitative estimate of drug-likeness (QED) is 0.302. The number of hydrogen-bond donors (Lipinski definition) is 3. The summed E-state index contributed by atoms with van der Waals surface area (Å²) in [6.07, 6.45) is 1.68. The molecule has 2 aromatic carbocycles. The van der Waals surface area contributed by atoms with Crippen LogP contribution in [0, 0.1) is 11.8 Å². The second-order valence-electron chi connectivity index (χ2n) is 8.76. The van der Waals surface area contributed by atoms with Crippen molar-refractivity contribution in [3.05, 3.63) is 70.6 Å². The summed E-state index contributed by atoms with van der Waals surface area (Å²) in [6, 6.07) is 16.2. The van der Waals surface area contributed by atoms with Gasteiger partial charge in [-0.25, -0.2) is 4.79 Å². The molecule has 3 N–H and O–H groups in total. The number of benzene rings is 2. The van der Waals surface area contributed by atoms with E-state index in [4.69, 9.17) is 16.3 Å². The van der Waals surface area contributed by atoms with E-state index in [0.717, 1.165) is 28.8 Å². The van der Waals surface area contributed by atoms with Crippen molar-refractivity contribution in [2.24, 2.45) is 11.8 Å². The van der Waals surface area contributed by atoms with Gasteiger partial charge in [-0.3, -0.25) is 14.9 Å². The number of ether oxygens (including phenoxy) is 1. The van der Waals surface area contributed by atoms with E-state index in [1.165, 1.54) is 11.3 Å². The first-order valence-electron chi connectivity index (χ1n) is 11.8. The maximum Gasteiger partial charge on any atom is 0.412 e. The number of rotatable bonds is 7. The van der Waals surface area contributed by atoms with Crippen LogP contribution in [-0.4, -0.2) is 23.1 Å². The molecule has 0 unspecified atom stereocenters. The van der Waals surface area contributed by atoms with Crippen molar-refractivity contribution in [2.75, 3.05) is 10.6 Å². The average molecular weight is 527 g/mol. The highest BCUT2D eigenvalue weighted by Crippen LogP contribution is 2.36. The third kappa shape index (κ3) is 6.06. The Kier molecular flexibility index (Phi) is 8.28. The normalized spacial score (nSPS) is 18.2. The van der Waals surface area contributed by atoms with Crippen molar-refractivity contribution in [2.45, 2.75) is 38.7 Å². The molecule has 1 saturated carbocycles. The molecule has 1 aliphatic carbocycles. The summed E-state index contributed by atoms with van der Waals surface area (Å²) in [5.74, 6) is -2.34. The van der Waals surface area contributed by atoms with Gasteiger partial charge in [-0.05, 0) is 55.0 Å². The van der Waals surface area contributed by atoms with Crippen molar-refractivity contribution in [1.82, 2.24) is 0 Å². The Bertz CT molecular complexity index is 1240. The molecule has 1 aromatic heterocycles. The summed E-state index contributed by atoms with van der Waals surface area (Å²) in [4.78, 5) is 37.6. The van der Waals surface area contributed by atoms with Crippen LogP contribution in [0.15, 0.2) is 60.0 Å². The third-order valence-corrected chi connectivity index (χ3v) is 7.67. The molecule has 9 heteroatoms. The van der Waals surface area contributed by atoms with Crippen LogP contribution in [-0.2, 0) is 14.3 Å². The number of carboxylic acids is 1. The van der Waals surface area contributed by atoms with Gasteiger partial charge in [-0.15, -0.1) is 11.3 Å². The second kappa shape index (κ2) is 11.6. The highest BCUT2D eigenvalue weighted by Gasteiger charge is 2.35. The zero-order valence-electron chi connectivity index (χ0n) is 19.7. The molecule has 1 fully saturated rings. The van der Waals surface area contributed by atoms with Crippen LogP contribution in [0.4, 0.5) is 16.2 Å². The monoisotopic (exact) mass is 526 g/mol. The van der Waals surface area contributed by atoms with Gasteiger partial charge in [0.1, 0.15) is 6.10 Å². The largest absolute Gasteiger partial charge is 0.481 e. The molecule has 0 aliphatic heterocycles. The van der Waals surface area contributed by atoms with E-state index in [1.807, 2.05) is 35.7 Å². The molecule has 1 aliphatic rings. The molecule has 0 bridgehead atoms. The Morgan fingerprint density at radius 1 is 1.00 bits per heavy atom. The second-order valence-corrected chi connectivity index (χ2v) is 10.1. The fraction of sp³-hybridized carbons (Fsp3) is 0.296. The van der Waals surface area contributed by atoms with Crippen molar-refractivity contribution in [3.8, 4) is 10.4 Å². The Morgan fingerprint density at radius 3 is 2.39 bits per heavy atom. The lowest BCUT2D eigenvalue weighted by Crippen LogP contribution is -2.36. The molecule has 2 amide bonds. The third-order valence-electron chi connectivity index (χ3n) is 6.36. The first-order chi connectivity index (χ1) is 17.3. The zero-order chi connectivity index (χ0) is 25.7. The van der Waals surface area contributed by atoms with Crippen molar-refractivity contribution in [3.63, 3.8) is 0 Å². The van der Waals surface area contributed by atoms with E-state index in [2.05, 4.69) is 10.6 Å². The fourth-order valence-electron chi connectivity index (χ4n) is 4.48. The van der Waals surface area contributed by atoms with Gasteiger partial charge in [-0.2, -0.15) is 0 Å². The first kappa shape index (κ1) is 25.7. The van der Waals surface area contributed by atoms with Crippen molar-refractivity contribution < 1.29 is 24.2 Å². The van der Waals surface area contributed by atoms with Crippen LogP contribution in [0.1, 0.15) is 44.3 Å². The van der Waals surface area contributed by atoms with Crippen molar-refractivity contribution >= 4 is 52.3 Å². The Labute approximate surface area is 218 Å². The highest BCUT2D eigenvalue weighted by atomic mass is 35.5. The zero-order valence-corrected chi connectivity index (χ0v) is 21.3. The van der Waals surface area contributed by atoms with E-state index in [1.54, 1.807) is 31.2 Å². The van der Waals surface area contributed by atoms with E-state index < -0.39 is 30.0 Å². The lowest BCUT2D eigenvalue weighted by atomic mass is 9.78. The summed E-state index contributed by atoms with van der Waals surface area (Å²) in [6.45, 7) is 1.76. The number of amides is 2. The number of thiophene rings is 1. The molecule has 0 spiro atoms. The molecule has 4 rings (SSSR count). The maximum atomic E-state index is 12.7. The Morgan fingerprint density at radius 2 is 1.69 bits per heavy atom. The minimum atomic E-state index is -0.914. The van der Waals surface area contributed by atoms with Gasteiger partial charge in [0.2, 0.25) is 5.91 Å². The fourth-order valence-corrected chi connectivity index (χ4v) is 5.63. The van der Waals surface area contributed by atoms with Gasteiger partial charge < -0.3 is 15.2 Å². The van der Waals surface area contributed by atoms with Crippen LogP contribution < -0.4 is 10.6 Å². The van der Waals surface area contributed by atoms with Gasteiger partial charge in [-0.1, -0.05) is 54.8 Å². The van der Waals surface area contributed by atoms with Crippen LogP contribution >= 0.6 is 22.9 Å². The average Bonchev–Trinajstić information content (AvgIpc) is 3.32. The number of carbonyl (C=O) groups excluding carboxylic acids is 2. The van der Waals surface area contributed by atoms with Crippen LogP contribution in [0.2, 0.25) is 5.02 Å². The summed E-state index contributed by atoms with van der Waals surface area (Å²) >= 11 is 7.66. The standard InChI is InChI=1S/C27H27ClN2O5S/c1-16(19-6-4-5-9-22(19)28)35-27(34)30-23-14-15-36-24(23)17-10-12-18(13-11-17)29-25(31)20-7-2-3-8-21(20)26(32)33/h4-6,9-16,20-21H,2-3,7-8H2,1H3,(H,29,31)(H,30,34)(H,32,33)/t16-,20+,21-/m1/s1. The molecular formula is C27H27ClN2O5S. The van der Waals surface area contributed by atoms with E-state index in [0.29, 0.717) is 29.2 Å². The number of carboxylic acid groups (broad SMARTS) is 1. The van der Waals surface area contributed by atoms with Gasteiger partial charge >= 0.3 is 12.1 Å². The summed E-state index contributed by atoms with van der Waals surface area (Å²) in [5, 5.41) is 17.5. The topological polar surface area (TPSA) is 105 Å². The molecule has 0 radical (unpaired) electrons.